The number of nitrogens with zero attached hydrogens (tertiary/aromatic N) is 2. The fourth-order valence-electron chi connectivity index (χ4n) is 3.49. The normalized spacial score (nSPS) is 12.0. The van der Waals surface area contributed by atoms with Crippen LogP contribution >= 0.6 is 11.6 Å². The number of hydrogen-bond donors (Lipinski definition) is 1. The van der Waals surface area contributed by atoms with Crippen molar-refractivity contribution in [3.05, 3.63) is 82.6 Å². The van der Waals surface area contributed by atoms with Crippen LogP contribution in [0.4, 0.5) is 8.78 Å². The molecule has 2 aromatic heterocycles. The van der Waals surface area contributed by atoms with Crippen molar-refractivity contribution in [2.24, 2.45) is 0 Å². The van der Waals surface area contributed by atoms with E-state index in [1.54, 1.807) is 34.9 Å². The predicted octanol–water partition coefficient (Wildman–Crippen LogP) is 6.14. The molecule has 0 fully saturated rings. The van der Waals surface area contributed by atoms with E-state index in [-0.39, 0.29) is 17.0 Å². The first kappa shape index (κ1) is 19.6. The van der Waals surface area contributed by atoms with Gasteiger partial charge in [0, 0.05) is 27.9 Å². The molecule has 0 aliphatic carbocycles. The molecule has 2 aromatic carbocycles. The van der Waals surface area contributed by atoms with Gasteiger partial charge in [-0.15, -0.1) is 0 Å². The summed E-state index contributed by atoms with van der Waals surface area (Å²) in [6, 6.07) is 11.6. The highest BCUT2D eigenvalue weighted by Gasteiger charge is 2.24. The summed E-state index contributed by atoms with van der Waals surface area (Å²) in [6.45, 7) is 4.88. The van der Waals surface area contributed by atoms with Gasteiger partial charge in [0.25, 0.3) is 0 Å². The Morgan fingerprint density at radius 2 is 1.83 bits per heavy atom. The Bertz CT molecular complexity index is 1240. The molecule has 2 heterocycles. The van der Waals surface area contributed by atoms with E-state index in [2.05, 4.69) is 4.98 Å². The maximum absolute atomic E-state index is 14.9. The molecule has 4 rings (SSSR count). The molecule has 1 N–H and O–H groups in total. The largest absolute Gasteiger partial charge is 0.386 e. The van der Waals surface area contributed by atoms with Crippen LogP contribution in [-0.2, 0) is 5.60 Å². The van der Waals surface area contributed by atoms with Crippen molar-refractivity contribution < 1.29 is 13.9 Å². The topological polar surface area (TPSA) is 37.5 Å². The standard InChI is InChI=1S/C23H19ClF2N2O/c1-13-15(5-4-6-18(13)24)16-11-14(7-8-19(16)25)20-12-27-22-21(26)17(23(2,3)29)9-10-28(20)22/h4-12,29H,1-3H3. The third-order valence-electron chi connectivity index (χ3n) is 5.10. The quantitative estimate of drug-likeness (QED) is 0.439. The average Bonchev–Trinajstić information content (AvgIpc) is 3.09. The minimum absolute atomic E-state index is 0.101. The number of aromatic nitrogens is 2. The molecule has 0 spiro atoms. The van der Waals surface area contributed by atoms with Crippen molar-refractivity contribution in [1.29, 1.82) is 0 Å². The lowest BCUT2D eigenvalue weighted by Crippen LogP contribution is -2.18. The summed E-state index contributed by atoms with van der Waals surface area (Å²) in [5.74, 6) is -0.956. The Hall–Kier alpha value is -2.76. The van der Waals surface area contributed by atoms with Crippen molar-refractivity contribution in [2.75, 3.05) is 0 Å². The number of halogens is 3. The first-order valence-electron chi connectivity index (χ1n) is 9.12. The maximum Gasteiger partial charge on any atom is 0.174 e. The number of rotatable bonds is 3. The summed E-state index contributed by atoms with van der Waals surface area (Å²) < 4.78 is 31.1. The number of hydrogen-bond acceptors (Lipinski definition) is 2. The highest BCUT2D eigenvalue weighted by Crippen LogP contribution is 2.34. The molecular weight excluding hydrogens is 394 g/mol. The summed E-state index contributed by atoms with van der Waals surface area (Å²) >= 11 is 6.20. The second-order valence-electron chi connectivity index (χ2n) is 7.55. The zero-order valence-corrected chi connectivity index (χ0v) is 16.9. The van der Waals surface area contributed by atoms with Crippen LogP contribution in [0.15, 0.2) is 54.9 Å². The molecule has 0 unspecified atom stereocenters. The van der Waals surface area contributed by atoms with Crippen LogP contribution in [0.1, 0.15) is 25.0 Å². The zero-order valence-electron chi connectivity index (χ0n) is 16.2. The minimum Gasteiger partial charge on any atom is -0.386 e. The molecule has 4 aromatic rings. The highest BCUT2D eigenvalue weighted by molar-refractivity contribution is 6.31. The van der Waals surface area contributed by atoms with E-state index in [0.29, 0.717) is 27.4 Å². The van der Waals surface area contributed by atoms with Crippen LogP contribution in [0, 0.1) is 18.6 Å². The molecule has 148 valence electrons. The van der Waals surface area contributed by atoms with E-state index in [1.807, 2.05) is 13.0 Å². The number of benzene rings is 2. The van der Waals surface area contributed by atoms with Crippen molar-refractivity contribution >= 4 is 17.2 Å². The van der Waals surface area contributed by atoms with Crippen LogP contribution in [0.3, 0.4) is 0 Å². The Labute approximate surface area is 172 Å². The number of pyridine rings is 1. The first-order chi connectivity index (χ1) is 13.7. The van der Waals surface area contributed by atoms with Crippen molar-refractivity contribution in [3.63, 3.8) is 0 Å². The van der Waals surface area contributed by atoms with Crippen LogP contribution in [-0.4, -0.2) is 14.5 Å². The minimum atomic E-state index is -1.33. The number of aliphatic hydroxyl groups is 1. The third-order valence-corrected chi connectivity index (χ3v) is 5.51. The molecule has 0 aliphatic heterocycles. The van der Waals surface area contributed by atoms with Crippen LogP contribution in [0.25, 0.3) is 28.0 Å². The maximum atomic E-state index is 14.9. The van der Waals surface area contributed by atoms with Gasteiger partial charge in [-0.3, -0.25) is 4.40 Å². The summed E-state index contributed by atoms with van der Waals surface area (Å²) in [5, 5.41) is 10.7. The third kappa shape index (κ3) is 3.30. The molecule has 0 saturated carbocycles. The van der Waals surface area contributed by atoms with E-state index in [9.17, 15) is 13.9 Å². The molecule has 0 amide bonds. The lowest BCUT2D eigenvalue weighted by molar-refractivity contribution is 0.0746. The average molecular weight is 413 g/mol. The molecule has 0 bridgehead atoms. The van der Waals surface area contributed by atoms with Gasteiger partial charge in [-0.05, 0) is 62.2 Å². The van der Waals surface area contributed by atoms with Crippen molar-refractivity contribution in [1.82, 2.24) is 9.38 Å². The van der Waals surface area contributed by atoms with Crippen molar-refractivity contribution in [3.8, 4) is 22.4 Å². The lowest BCUT2D eigenvalue weighted by Gasteiger charge is -2.18. The zero-order chi connectivity index (χ0) is 20.9. The van der Waals surface area contributed by atoms with Gasteiger partial charge >= 0.3 is 0 Å². The monoisotopic (exact) mass is 412 g/mol. The van der Waals surface area contributed by atoms with Gasteiger partial charge < -0.3 is 5.11 Å². The van der Waals surface area contributed by atoms with Crippen LogP contribution in [0.2, 0.25) is 5.02 Å². The lowest BCUT2D eigenvalue weighted by atomic mass is 9.97. The molecule has 0 aliphatic rings. The Morgan fingerprint density at radius 3 is 2.55 bits per heavy atom. The van der Waals surface area contributed by atoms with E-state index < -0.39 is 11.4 Å². The van der Waals surface area contributed by atoms with E-state index in [1.165, 1.54) is 32.2 Å². The van der Waals surface area contributed by atoms with Crippen molar-refractivity contribution in [2.45, 2.75) is 26.4 Å². The molecule has 0 radical (unpaired) electrons. The summed E-state index contributed by atoms with van der Waals surface area (Å²) in [6.07, 6.45) is 3.19. The Kier molecular flexibility index (Phi) is 4.68. The Balaban J connectivity index is 1.89. The van der Waals surface area contributed by atoms with Gasteiger partial charge in [0.05, 0.1) is 17.5 Å². The van der Waals surface area contributed by atoms with Gasteiger partial charge in [-0.25, -0.2) is 13.8 Å². The van der Waals surface area contributed by atoms with Gasteiger partial charge in [-0.1, -0.05) is 23.7 Å². The summed E-state index contributed by atoms with van der Waals surface area (Å²) in [5.41, 5.74) is 2.12. The summed E-state index contributed by atoms with van der Waals surface area (Å²) in [4.78, 5) is 4.19. The number of fused-ring (bicyclic) bond motifs is 1. The molecule has 6 heteroatoms. The molecular formula is C23H19ClF2N2O. The second kappa shape index (κ2) is 6.94. The highest BCUT2D eigenvalue weighted by atomic mass is 35.5. The summed E-state index contributed by atoms with van der Waals surface area (Å²) in [7, 11) is 0. The van der Waals surface area contributed by atoms with Crippen LogP contribution < -0.4 is 0 Å². The van der Waals surface area contributed by atoms with E-state index in [0.717, 1.165) is 5.56 Å². The van der Waals surface area contributed by atoms with E-state index in [4.69, 9.17) is 11.6 Å². The van der Waals surface area contributed by atoms with Gasteiger partial charge in [0.1, 0.15) is 5.82 Å². The molecule has 0 atom stereocenters. The van der Waals surface area contributed by atoms with Gasteiger partial charge in [0.15, 0.2) is 11.5 Å². The van der Waals surface area contributed by atoms with Gasteiger partial charge in [0.2, 0.25) is 0 Å². The molecule has 3 nitrogen and oxygen atoms in total. The fourth-order valence-corrected chi connectivity index (χ4v) is 3.67. The fraction of sp³-hybridized carbons (Fsp3) is 0.174. The SMILES string of the molecule is Cc1c(Cl)cccc1-c1cc(-c2cnc3c(F)c(C(C)(C)O)ccn23)ccc1F. The predicted molar refractivity (Wildman–Crippen MR) is 111 cm³/mol. The number of imidazole rings is 1. The Morgan fingerprint density at radius 1 is 1.07 bits per heavy atom. The smallest absolute Gasteiger partial charge is 0.174 e. The van der Waals surface area contributed by atoms with E-state index >= 15 is 0 Å². The van der Waals surface area contributed by atoms with Gasteiger partial charge in [-0.2, -0.15) is 0 Å². The van der Waals surface area contributed by atoms with Crippen LogP contribution in [0.5, 0.6) is 0 Å². The molecule has 0 saturated heterocycles. The molecule has 29 heavy (non-hydrogen) atoms. The second-order valence-corrected chi connectivity index (χ2v) is 7.95. The first-order valence-corrected chi connectivity index (χ1v) is 9.50.